The van der Waals surface area contributed by atoms with Crippen LogP contribution in [-0.2, 0) is 10.2 Å². The first kappa shape index (κ1) is 12.3. The molecular formula is C14H13N3OS. The molecule has 2 aromatic rings. The molecular weight excluding hydrogens is 258 g/mol. The number of hydrogen-bond acceptors (Lipinski definition) is 5. The number of nitrogens with zero attached hydrogens (tertiary/aromatic N) is 3. The summed E-state index contributed by atoms with van der Waals surface area (Å²) >= 11 is 1.56. The van der Waals surface area contributed by atoms with Crippen LogP contribution in [0.25, 0.3) is 11.3 Å². The van der Waals surface area contributed by atoms with E-state index in [9.17, 15) is 5.26 Å². The van der Waals surface area contributed by atoms with Crippen LogP contribution in [-0.4, -0.2) is 23.2 Å². The van der Waals surface area contributed by atoms with Gasteiger partial charge in [-0.25, -0.2) is 4.98 Å². The van der Waals surface area contributed by atoms with Gasteiger partial charge in [-0.15, -0.1) is 11.3 Å². The molecule has 0 radical (unpaired) electrons. The van der Waals surface area contributed by atoms with Gasteiger partial charge in [0.2, 0.25) is 0 Å². The maximum absolute atomic E-state index is 9.53. The summed E-state index contributed by atoms with van der Waals surface area (Å²) in [5.41, 5.74) is 1.50. The van der Waals surface area contributed by atoms with Gasteiger partial charge in [-0.3, -0.25) is 4.98 Å². The topological polar surface area (TPSA) is 58.8 Å². The molecule has 96 valence electrons. The Morgan fingerprint density at radius 3 is 2.68 bits per heavy atom. The fourth-order valence-electron chi connectivity index (χ4n) is 2.24. The van der Waals surface area contributed by atoms with Gasteiger partial charge in [0.05, 0.1) is 11.8 Å². The van der Waals surface area contributed by atoms with Crippen molar-refractivity contribution in [2.45, 2.75) is 18.3 Å². The molecule has 0 bridgehead atoms. The van der Waals surface area contributed by atoms with E-state index in [0.29, 0.717) is 13.2 Å². The van der Waals surface area contributed by atoms with E-state index >= 15 is 0 Å². The number of ether oxygens (including phenoxy) is 1. The number of rotatable bonds is 2. The minimum atomic E-state index is -0.464. The number of aromatic nitrogens is 2. The first-order valence-corrected chi connectivity index (χ1v) is 7.07. The zero-order valence-electron chi connectivity index (χ0n) is 10.4. The van der Waals surface area contributed by atoms with E-state index in [1.807, 2.05) is 17.5 Å². The summed E-state index contributed by atoms with van der Waals surface area (Å²) in [7, 11) is 0. The molecule has 2 aromatic heterocycles. The Morgan fingerprint density at radius 2 is 2.00 bits per heavy atom. The van der Waals surface area contributed by atoms with Crippen molar-refractivity contribution in [3.05, 3.63) is 34.9 Å². The van der Waals surface area contributed by atoms with Crippen molar-refractivity contribution in [2.24, 2.45) is 0 Å². The monoisotopic (exact) mass is 271 g/mol. The summed E-state index contributed by atoms with van der Waals surface area (Å²) in [5, 5.41) is 12.4. The van der Waals surface area contributed by atoms with Crippen LogP contribution in [0.2, 0.25) is 0 Å². The lowest BCUT2D eigenvalue weighted by Crippen LogP contribution is -2.32. The second-order valence-electron chi connectivity index (χ2n) is 4.58. The van der Waals surface area contributed by atoms with Crippen LogP contribution in [0.1, 0.15) is 17.8 Å². The predicted molar refractivity (Wildman–Crippen MR) is 72.7 cm³/mol. The van der Waals surface area contributed by atoms with Crippen LogP contribution >= 0.6 is 11.3 Å². The Kier molecular flexibility index (Phi) is 3.28. The molecule has 1 aliphatic heterocycles. The summed E-state index contributed by atoms with van der Waals surface area (Å²) in [5.74, 6) is 0. The highest BCUT2D eigenvalue weighted by Crippen LogP contribution is 2.37. The molecule has 0 spiro atoms. The van der Waals surface area contributed by atoms with Gasteiger partial charge in [0.1, 0.15) is 10.4 Å². The van der Waals surface area contributed by atoms with Gasteiger partial charge in [0.15, 0.2) is 0 Å². The van der Waals surface area contributed by atoms with Crippen LogP contribution in [0.5, 0.6) is 0 Å². The van der Waals surface area contributed by atoms with Crippen LogP contribution in [0, 0.1) is 11.3 Å². The smallest absolute Gasteiger partial charge is 0.114 e. The van der Waals surface area contributed by atoms with Crippen molar-refractivity contribution in [2.75, 3.05) is 13.2 Å². The molecule has 0 aromatic carbocycles. The standard InChI is InChI=1S/C14H13N3OS/c15-10-14(3-7-18-8-4-14)13-17-12(9-19-13)11-1-5-16-6-2-11/h1-2,5-6,9H,3-4,7-8H2. The number of thiazole rings is 1. The van der Waals surface area contributed by atoms with Crippen molar-refractivity contribution in [1.29, 1.82) is 5.26 Å². The van der Waals surface area contributed by atoms with Crippen LogP contribution in [0.4, 0.5) is 0 Å². The zero-order valence-corrected chi connectivity index (χ0v) is 11.2. The normalized spacial score (nSPS) is 17.8. The Balaban J connectivity index is 1.95. The average Bonchev–Trinajstić information content (AvgIpc) is 2.99. The molecule has 5 heteroatoms. The highest BCUT2D eigenvalue weighted by atomic mass is 32.1. The molecule has 1 aliphatic rings. The largest absolute Gasteiger partial charge is 0.381 e. The molecule has 0 atom stereocenters. The van der Waals surface area contributed by atoms with Gasteiger partial charge >= 0.3 is 0 Å². The van der Waals surface area contributed by atoms with Gasteiger partial charge in [0, 0.05) is 36.6 Å². The third kappa shape index (κ3) is 2.25. The van der Waals surface area contributed by atoms with E-state index in [4.69, 9.17) is 4.74 Å². The van der Waals surface area contributed by atoms with Crippen LogP contribution in [0.15, 0.2) is 29.9 Å². The second-order valence-corrected chi connectivity index (χ2v) is 5.44. The minimum absolute atomic E-state index is 0.464. The average molecular weight is 271 g/mol. The zero-order chi connectivity index (χ0) is 13.1. The molecule has 0 amide bonds. The first-order chi connectivity index (χ1) is 9.34. The summed E-state index contributed by atoms with van der Waals surface area (Å²) < 4.78 is 5.36. The maximum Gasteiger partial charge on any atom is 0.114 e. The Bertz CT molecular complexity index is 597. The third-order valence-corrected chi connectivity index (χ3v) is 4.50. The van der Waals surface area contributed by atoms with E-state index in [1.165, 1.54) is 0 Å². The van der Waals surface area contributed by atoms with Gasteiger partial charge in [-0.2, -0.15) is 5.26 Å². The minimum Gasteiger partial charge on any atom is -0.381 e. The lowest BCUT2D eigenvalue weighted by Gasteiger charge is -2.28. The number of hydrogen-bond donors (Lipinski definition) is 0. The molecule has 0 aliphatic carbocycles. The third-order valence-electron chi connectivity index (χ3n) is 3.45. The van der Waals surface area contributed by atoms with E-state index in [2.05, 4.69) is 16.0 Å². The van der Waals surface area contributed by atoms with E-state index in [0.717, 1.165) is 29.1 Å². The Labute approximate surface area is 115 Å². The Morgan fingerprint density at radius 1 is 1.26 bits per heavy atom. The number of nitriles is 1. The van der Waals surface area contributed by atoms with E-state index < -0.39 is 5.41 Å². The van der Waals surface area contributed by atoms with Gasteiger partial charge in [0.25, 0.3) is 0 Å². The lowest BCUT2D eigenvalue weighted by molar-refractivity contribution is 0.0675. The molecule has 0 unspecified atom stereocenters. The summed E-state index contributed by atoms with van der Waals surface area (Å²) in [4.78, 5) is 8.66. The summed E-state index contributed by atoms with van der Waals surface area (Å²) in [6.45, 7) is 1.27. The van der Waals surface area contributed by atoms with Gasteiger partial charge < -0.3 is 4.74 Å². The molecule has 3 heterocycles. The molecule has 1 saturated heterocycles. The van der Waals surface area contributed by atoms with Crippen molar-refractivity contribution in [3.63, 3.8) is 0 Å². The molecule has 4 nitrogen and oxygen atoms in total. The molecule has 0 saturated carbocycles. The fourth-order valence-corrected chi connectivity index (χ4v) is 3.28. The summed E-state index contributed by atoms with van der Waals surface area (Å²) in [6, 6.07) is 6.32. The molecule has 3 rings (SSSR count). The number of pyridine rings is 1. The highest BCUT2D eigenvalue weighted by molar-refractivity contribution is 7.10. The SMILES string of the molecule is N#CC1(c2nc(-c3ccncc3)cs2)CCOCC1. The fraction of sp³-hybridized carbons (Fsp3) is 0.357. The van der Waals surface area contributed by atoms with Crippen LogP contribution in [0.3, 0.4) is 0 Å². The first-order valence-electron chi connectivity index (χ1n) is 6.19. The van der Waals surface area contributed by atoms with E-state index in [1.54, 1.807) is 23.7 Å². The predicted octanol–water partition coefficient (Wildman–Crippen LogP) is 2.78. The van der Waals surface area contributed by atoms with Gasteiger partial charge in [-0.1, -0.05) is 0 Å². The van der Waals surface area contributed by atoms with Crippen molar-refractivity contribution in [3.8, 4) is 17.3 Å². The van der Waals surface area contributed by atoms with E-state index in [-0.39, 0.29) is 0 Å². The van der Waals surface area contributed by atoms with Crippen molar-refractivity contribution in [1.82, 2.24) is 9.97 Å². The van der Waals surface area contributed by atoms with Gasteiger partial charge in [-0.05, 0) is 25.0 Å². The highest BCUT2D eigenvalue weighted by Gasteiger charge is 2.37. The van der Waals surface area contributed by atoms with Crippen LogP contribution < -0.4 is 0 Å². The summed E-state index contributed by atoms with van der Waals surface area (Å²) in [6.07, 6.45) is 4.96. The lowest BCUT2D eigenvalue weighted by atomic mass is 9.82. The second kappa shape index (κ2) is 5.08. The quantitative estimate of drug-likeness (QED) is 0.842. The maximum atomic E-state index is 9.53. The molecule has 19 heavy (non-hydrogen) atoms. The Hall–Kier alpha value is -1.77. The van der Waals surface area contributed by atoms with Crippen molar-refractivity contribution < 1.29 is 4.74 Å². The molecule has 1 fully saturated rings. The molecule has 0 N–H and O–H groups in total. The van der Waals surface area contributed by atoms with Crippen molar-refractivity contribution >= 4 is 11.3 Å².